The number of hydrogen-bond donors (Lipinski definition) is 0. The van der Waals surface area contributed by atoms with Gasteiger partial charge in [-0.05, 0) is 36.5 Å². The van der Waals surface area contributed by atoms with Crippen molar-refractivity contribution in [3.8, 4) is 0 Å². The third kappa shape index (κ3) is 12.4. The van der Waals surface area contributed by atoms with Crippen LogP contribution in [0.15, 0.2) is 0 Å². The average Bonchev–Trinajstić information content (AvgIpc) is 2.08. The van der Waals surface area contributed by atoms with Crippen LogP contribution < -0.4 is 0 Å². The molecule has 0 aromatic carbocycles. The molecule has 0 rings (SSSR count). The van der Waals surface area contributed by atoms with E-state index in [0.29, 0.717) is 5.41 Å². The van der Waals surface area contributed by atoms with E-state index in [2.05, 4.69) is 34.6 Å². The molecule has 0 saturated carbocycles. The summed E-state index contributed by atoms with van der Waals surface area (Å²) in [6, 6.07) is 0. The summed E-state index contributed by atoms with van der Waals surface area (Å²) in [5.41, 5.74) is 0.520. The molecule has 0 amide bonds. The summed E-state index contributed by atoms with van der Waals surface area (Å²) in [4.78, 5) is 0. The Hall–Kier alpha value is 0.430. The van der Waals surface area contributed by atoms with E-state index in [1.165, 1.54) is 53.0 Å². The normalized spacial score (nSPS) is 15.0. The van der Waals surface area contributed by atoms with Crippen LogP contribution in [0.3, 0.4) is 0 Å². The maximum atomic E-state index is 2.42. The van der Waals surface area contributed by atoms with Gasteiger partial charge >= 0.3 is 0 Å². The first-order chi connectivity index (χ1) is 6.95. The molecular weight excluding hydrogens is 199 g/mol. The SMILES string of the molecule is CCCCCCPCC(C)CC(C)(C)C. The highest BCUT2D eigenvalue weighted by molar-refractivity contribution is 7.37. The van der Waals surface area contributed by atoms with Gasteiger partial charge in [0.1, 0.15) is 0 Å². The van der Waals surface area contributed by atoms with Crippen LogP contribution in [0, 0.1) is 11.3 Å². The Morgan fingerprint density at radius 3 is 2.27 bits per heavy atom. The molecule has 0 fully saturated rings. The molecular formula is C14H31P. The van der Waals surface area contributed by atoms with Crippen LogP contribution in [-0.2, 0) is 0 Å². The molecule has 2 unspecified atom stereocenters. The van der Waals surface area contributed by atoms with E-state index < -0.39 is 0 Å². The fourth-order valence-electron chi connectivity index (χ4n) is 2.14. The summed E-state index contributed by atoms with van der Waals surface area (Å²) in [7, 11) is 1.21. The number of rotatable bonds is 8. The molecule has 0 aliphatic heterocycles. The molecule has 0 aromatic heterocycles. The van der Waals surface area contributed by atoms with E-state index in [9.17, 15) is 0 Å². The third-order valence-corrected chi connectivity index (χ3v) is 4.35. The Morgan fingerprint density at radius 2 is 1.73 bits per heavy atom. The number of unbranched alkanes of at least 4 members (excludes halogenated alkanes) is 3. The monoisotopic (exact) mass is 230 g/mol. The van der Waals surface area contributed by atoms with Crippen molar-refractivity contribution in [1.82, 2.24) is 0 Å². The molecule has 0 heterocycles. The van der Waals surface area contributed by atoms with Crippen LogP contribution in [0.2, 0.25) is 0 Å². The molecule has 15 heavy (non-hydrogen) atoms. The lowest BCUT2D eigenvalue weighted by Gasteiger charge is -2.23. The standard InChI is InChI=1S/C14H31P/c1-6-7-8-9-10-15-12-13(2)11-14(3,4)5/h13,15H,6-12H2,1-5H3. The van der Waals surface area contributed by atoms with Gasteiger partial charge in [-0.25, -0.2) is 0 Å². The molecule has 2 atom stereocenters. The summed E-state index contributed by atoms with van der Waals surface area (Å²) in [6.07, 6.45) is 10.0. The Kier molecular flexibility index (Phi) is 8.81. The van der Waals surface area contributed by atoms with E-state index in [1.54, 1.807) is 0 Å². The van der Waals surface area contributed by atoms with Crippen molar-refractivity contribution in [3.63, 3.8) is 0 Å². The lowest BCUT2D eigenvalue weighted by Crippen LogP contribution is -2.12. The van der Waals surface area contributed by atoms with Crippen LogP contribution in [0.1, 0.15) is 66.7 Å². The predicted molar refractivity (Wildman–Crippen MR) is 75.4 cm³/mol. The van der Waals surface area contributed by atoms with E-state index in [1.807, 2.05) is 0 Å². The second-order valence-corrected chi connectivity index (χ2v) is 7.54. The topological polar surface area (TPSA) is 0 Å². The van der Waals surface area contributed by atoms with E-state index in [-0.39, 0.29) is 0 Å². The van der Waals surface area contributed by atoms with Crippen molar-refractivity contribution in [2.24, 2.45) is 11.3 Å². The zero-order chi connectivity index (χ0) is 11.7. The first kappa shape index (κ1) is 15.4. The zero-order valence-corrected chi connectivity index (χ0v) is 12.5. The van der Waals surface area contributed by atoms with Crippen molar-refractivity contribution in [2.75, 3.05) is 12.3 Å². The molecule has 92 valence electrons. The Balaban J connectivity index is 3.28. The summed E-state index contributed by atoms with van der Waals surface area (Å²) in [6.45, 7) is 11.8. The fourth-order valence-corrected chi connectivity index (χ4v) is 3.48. The molecule has 0 aliphatic rings. The van der Waals surface area contributed by atoms with E-state index >= 15 is 0 Å². The second-order valence-electron chi connectivity index (χ2n) is 6.13. The molecule has 0 saturated heterocycles. The van der Waals surface area contributed by atoms with Crippen molar-refractivity contribution < 1.29 is 0 Å². The minimum Gasteiger partial charge on any atom is -0.122 e. The fraction of sp³-hybridized carbons (Fsp3) is 1.00. The van der Waals surface area contributed by atoms with E-state index in [4.69, 9.17) is 0 Å². The minimum absolute atomic E-state index is 0.520. The van der Waals surface area contributed by atoms with Crippen LogP contribution in [0.4, 0.5) is 0 Å². The molecule has 0 aliphatic carbocycles. The van der Waals surface area contributed by atoms with Crippen molar-refractivity contribution in [1.29, 1.82) is 0 Å². The summed E-state index contributed by atoms with van der Waals surface area (Å²) < 4.78 is 0. The molecule has 0 radical (unpaired) electrons. The summed E-state index contributed by atoms with van der Waals surface area (Å²) >= 11 is 0. The van der Waals surface area contributed by atoms with Crippen molar-refractivity contribution in [3.05, 3.63) is 0 Å². The highest BCUT2D eigenvalue weighted by Gasteiger charge is 2.14. The molecule has 0 nitrogen and oxygen atoms in total. The summed E-state index contributed by atoms with van der Waals surface area (Å²) in [5.74, 6) is 0.925. The van der Waals surface area contributed by atoms with Gasteiger partial charge in [0.15, 0.2) is 0 Å². The minimum atomic E-state index is 0.520. The van der Waals surface area contributed by atoms with Gasteiger partial charge in [-0.2, -0.15) is 0 Å². The van der Waals surface area contributed by atoms with Crippen LogP contribution in [0.5, 0.6) is 0 Å². The Bertz CT molecular complexity index is 135. The number of hydrogen-bond acceptors (Lipinski definition) is 0. The van der Waals surface area contributed by atoms with Crippen LogP contribution >= 0.6 is 8.58 Å². The van der Waals surface area contributed by atoms with Gasteiger partial charge in [-0.3, -0.25) is 0 Å². The quantitative estimate of drug-likeness (QED) is 0.391. The van der Waals surface area contributed by atoms with Gasteiger partial charge in [-0.15, -0.1) is 8.58 Å². The molecule has 0 N–H and O–H groups in total. The predicted octanol–water partition coefficient (Wildman–Crippen LogP) is 5.32. The zero-order valence-electron chi connectivity index (χ0n) is 11.5. The molecule has 0 spiro atoms. The van der Waals surface area contributed by atoms with Gasteiger partial charge in [0, 0.05) is 0 Å². The highest BCUT2D eigenvalue weighted by Crippen LogP contribution is 2.28. The third-order valence-electron chi connectivity index (χ3n) is 2.66. The van der Waals surface area contributed by atoms with Gasteiger partial charge in [0.2, 0.25) is 0 Å². The lowest BCUT2D eigenvalue weighted by molar-refractivity contribution is 0.323. The Labute approximate surface area is 99.4 Å². The maximum absolute atomic E-state index is 2.42. The lowest BCUT2D eigenvalue weighted by atomic mass is 9.86. The molecule has 1 heteroatoms. The highest BCUT2D eigenvalue weighted by atomic mass is 31.1. The van der Waals surface area contributed by atoms with Crippen molar-refractivity contribution in [2.45, 2.75) is 66.7 Å². The van der Waals surface area contributed by atoms with Crippen LogP contribution in [-0.4, -0.2) is 12.3 Å². The largest absolute Gasteiger partial charge is 0.122 e. The van der Waals surface area contributed by atoms with Crippen LogP contribution in [0.25, 0.3) is 0 Å². The van der Waals surface area contributed by atoms with Gasteiger partial charge in [0.25, 0.3) is 0 Å². The Morgan fingerprint density at radius 1 is 1.07 bits per heavy atom. The van der Waals surface area contributed by atoms with Gasteiger partial charge < -0.3 is 0 Å². The maximum Gasteiger partial charge on any atom is -0.0327 e. The molecule has 0 bridgehead atoms. The molecule has 0 aromatic rings. The van der Waals surface area contributed by atoms with Gasteiger partial charge in [-0.1, -0.05) is 53.9 Å². The van der Waals surface area contributed by atoms with Gasteiger partial charge in [0.05, 0.1) is 0 Å². The second kappa shape index (κ2) is 8.57. The first-order valence-corrected chi connectivity index (χ1v) is 8.08. The average molecular weight is 230 g/mol. The summed E-state index contributed by atoms with van der Waals surface area (Å²) in [5, 5.41) is 0. The van der Waals surface area contributed by atoms with E-state index in [0.717, 1.165) is 5.92 Å². The smallest absolute Gasteiger partial charge is 0.0327 e. The first-order valence-electron chi connectivity index (χ1n) is 6.66. The van der Waals surface area contributed by atoms with Crippen molar-refractivity contribution >= 4 is 8.58 Å².